The summed E-state index contributed by atoms with van der Waals surface area (Å²) in [6, 6.07) is 0.872. The minimum atomic E-state index is 0.320. The van der Waals surface area contributed by atoms with Gasteiger partial charge in [0.05, 0.1) is 0 Å². The van der Waals surface area contributed by atoms with Crippen LogP contribution in [0.15, 0.2) is 0 Å². The van der Waals surface area contributed by atoms with Gasteiger partial charge in [-0.2, -0.15) is 0 Å². The van der Waals surface area contributed by atoms with Crippen LogP contribution in [-0.4, -0.2) is 36.1 Å². The first-order valence-electron chi connectivity index (χ1n) is 6.11. The molecule has 1 saturated carbocycles. The van der Waals surface area contributed by atoms with Gasteiger partial charge in [-0.25, -0.2) is 0 Å². The molecule has 2 aliphatic rings. The molecule has 1 unspecified atom stereocenters. The normalized spacial score (nSPS) is 30.2. The monoisotopic (exact) mass is 196 g/mol. The maximum Gasteiger partial charge on any atom is 0.0252 e. The lowest BCUT2D eigenvalue weighted by Crippen LogP contribution is -2.59. The third kappa shape index (κ3) is 2.29. The molecule has 1 atom stereocenters. The zero-order valence-electron chi connectivity index (χ0n) is 9.84. The second-order valence-electron chi connectivity index (χ2n) is 5.59. The molecule has 0 aromatic carbocycles. The third-order valence-electron chi connectivity index (χ3n) is 3.65. The summed E-state index contributed by atoms with van der Waals surface area (Å²) in [5.74, 6) is 1.02. The van der Waals surface area contributed by atoms with E-state index in [0.717, 1.165) is 18.5 Å². The summed E-state index contributed by atoms with van der Waals surface area (Å²) in [6.07, 6.45) is 4.28. The van der Waals surface area contributed by atoms with Crippen molar-refractivity contribution in [2.75, 3.05) is 19.6 Å². The van der Waals surface area contributed by atoms with Crippen molar-refractivity contribution in [3.05, 3.63) is 0 Å². The van der Waals surface area contributed by atoms with Crippen LogP contribution in [-0.2, 0) is 0 Å². The predicted molar refractivity (Wildman–Crippen MR) is 60.5 cm³/mol. The fourth-order valence-electron chi connectivity index (χ4n) is 2.83. The van der Waals surface area contributed by atoms with Crippen molar-refractivity contribution in [2.45, 2.75) is 51.6 Å². The third-order valence-corrected chi connectivity index (χ3v) is 3.65. The van der Waals surface area contributed by atoms with Crippen LogP contribution in [0.3, 0.4) is 0 Å². The van der Waals surface area contributed by atoms with Gasteiger partial charge in [-0.05, 0) is 39.0 Å². The lowest BCUT2D eigenvalue weighted by molar-refractivity contribution is 0.0950. The standard InChI is InChI=1S/C12H24N2/c1-4-11(10-5-6-10)14-8-7-13-12(2,3)9-14/h10-11,13H,4-9H2,1-3H3. The van der Waals surface area contributed by atoms with Gasteiger partial charge in [0.15, 0.2) is 0 Å². The number of nitrogens with one attached hydrogen (secondary N) is 1. The van der Waals surface area contributed by atoms with E-state index in [4.69, 9.17) is 0 Å². The fraction of sp³-hybridized carbons (Fsp3) is 1.00. The quantitative estimate of drug-likeness (QED) is 0.741. The second-order valence-corrected chi connectivity index (χ2v) is 5.59. The van der Waals surface area contributed by atoms with E-state index < -0.39 is 0 Å². The maximum atomic E-state index is 3.58. The molecule has 2 rings (SSSR count). The molecule has 2 heteroatoms. The minimum absolute atomic E-state index is 0.320. The molecule has 0 spiro atoms. The summed E-state index contributed by atoms with van der Waals surface area (Å²) in [6.45, 7) is 10.6. The summed E-state index contributed by atoms with van der Waals surface area (Å²) in [5, 5.41) is 3.58. The van der Waals surface area contributed by atoms with Gasteiger partial charge >= 0.3 is 0 Å². The van der Waals surface area contributed by atoms with E-state index in [1.165, 1.54) is 32.4 Å². The van der Waals surface area contributed by atoms with E-state index in [1.807, 2.05) is 0 Å². The average Bonchev–Trinajstić information content (AvgIpc) is 2.88. The highest BCUT2D eigenvalue weighted by Gasteiger charge is 2.37. The van der Waals surface area contributed by atoms with Crippen LogP contribution >= 0.6 is 0 Å². The molecule has 1 heterocycles. The number of rotatable bonds is 3. The first-order chi connectivity index (χ1) is 6.62. The molecule has 0 radical (unpaired) electrons. The van der Waals surface area contributed by atoms with Crippen LogP contribution in [0, 0.1) is 5.92 Å². The Labute approximate surface area is 88.1 Å². The van der Waals surface area contributed by atoms with Gasteiger partial charge in [-0.3, -0.25) is 4.90 Å². The highest BCUT2D eigenvalue weighted by atomic mass is 15.2. The topological polar surface area (TPSA) is 15.3 Å². The van der Waals surface area contributed by atoms with E-state index in [2.05, 4.69) is 31.0 Å². The molecule has 82 valence electrons. The molecule has 2 nitrogen and oxygen atoms in total. The molecule has 2 fully saturated rings. The zero-order chi connectivity index (χ0) is 10.2. The Balaban J connectivity index is 1.94. The lowest BCUT2D eigenvalue weighted by atomic mass is 9.98. The Morgan fingerprint density at radius 2 is 2.14 bits per heavy atom. The van der Waals surface area contributed by atoms with Gasteiger partial charge in [0, 0.05) is 31.2 Å². The molecule has 1 aliphatic heterocycles. The molecular weight excluding hydrogens is 172 g/mol. The molecule has 1 aliphatic carbocycles. The van der Waals surface area contributed by atoms with Crippen LogP contribution < -0.4 is 5.32 Å². The SMILES string of the molecule is CCC(C1CC1)N1CCNC(C)(C)C1. The van der Waals surface area contributed by atoms with Crippen molar-refractivity contribution >= 4 is 0 Å². The van der Waals surface area contributed by atoms with Crippen molar-refractivity contribution in [1.82, 2.24) is 10.2 Å². The lowest BCUT2D eigenvalue weighted by Gasteiger charge is -2.43. The highest BCUT2D eigenvalue weighted by Crippen LogP contribution is 2.37. The van der Waals surface area contributed by atoms with Crippen molar-refractivity contribution in [3.8, 4) is 0 Å². The van der Waals surface area contributed by atoms with Crippen LogP contribution in [0.5, 0.6) is 0 Å². The van der Waals surface area contributed by atoms with E-state index >= 15 is 0 Å². The Kier molecular flexibility index (Phi) is 2.85. The molecule has 0 aromatic heterocycles. The van der Waals surface area contributed by atoms with Gasteiger partial charge in [-0.1, -0.05) is 6.92 Å². The molecule has 1 saturated heterocycles. The van der Waals surface area contributed by atoms with Crippen molar-refractivity contribution in [2.24, 2.45) is 5.92 Å². The fourth-order valence-corrected chi connectivity index (χ4v) is 2.83. The van der Waals surface area contributed by atoms with Gasteiger partial charge in [0.2, 0.25) is 0 Å². The first-order valence-corrected chi connectivity index (χ1v) is 6.11. The number of hydrogen-bond acceptors (Lipinski definition) is 2. The Morgan fingerprint density at radius 1 is 1.43 bits per heavy atom. The van der Waals surface area contributed by atoms with E-state index in [-0.39, 0.29) is 0 Å². The molecule has 0 bridgehead atoms. The number of hydrogen-bond donors (Lipinski definition) is 1. The molecular formula is C12H24N2. The second kappa shape index (κ2) is 3.82. The number of piperazine rings is 1. The molecule has 0 aromatic rings. The van der Waals surface area contributed by atoms with Gasteiger partial charge in [-0.15, -0.1) is 0 Å². The smallest absolute Gasteiger partial charge is 0.0252 e. The van der Waals surface area contributed by atoms with E-state index in [0.29, 0.717) is 5.54 Å². The molecule has 0 amide bonds. The zero-order valence-corrected chi connectivity index (χ0v) is 9.84. The van der Waals surface area contributed by atoms with Crippen LogP contribution in [0.2, 0.25) is 0 Å². The van der Waals surface area contributed by atoms with Crippen molar-refractivity contribution in [3.63, 3.8) is 0 Å². The van der Waals surface area contributed by atoms with E-state index in [1.54, 1.807) is 0 Å². The molecule has 14 heavy (non-hydrogen) atoms. The van der Waals surface area contributed by atoms with Crippen LogP contribution in [0.4, 0.5) is 0 Å². The predicted octanol–water partition coefficient (Wildman–Crippen LogP) is 1.86. The molecule has 1 N–H and O–H groups in total. The largest absolute Gasteiger partial charge is 0.309 e. The van der Waals surface area contributed by atoms with Gasteiger partial charge in [0.1, 0.15) is 0 Å². The van der Waals surface area contributed by atoms with Crippen molar-refractivity contribution < 1.29 is 0 Å². The maximum absolute atomic E-state index is 3.58. The summed E-state index contributed by atoms with van der Waals surface area (Å²) >= 11 is 0. The summed E-state index contributed by atoms with van der Waals surface area (Å²) in [5.41, 5.74) is 0.320. The Morgan fingerprint density at radius 3 is 2.64 bits per heavy atom. The first kappa shape index (κ1) is 10.4. The minimum Gasteiger partial charge on any atom is -0.309 e. The Hall–Kier alpha value is -0.0800. The van der Waals surface area contributed by atoms with Gasteiger partial charge < -0.3 is 5.32 Å². The van der Waals surface area contributed by atoms with Gasteiger partial charge in [0.25, 0.3) is 0 Å². The van der Waals surface area contributed by atoms with Crippen LogP contribution in [0.25, 0.3) is 0 Å². The summed E-state index contributed by atoms with van der Waals surface area (Å²) in [7, 11) is 0. The summed E-state index contributed by atoms with van der Waals surface area (Å²) in [4.78, 5) is 2.72. The summed E-state index contributed by atoms with van der Waals surface area (Å²) < 4.78 is 0. The van der Waals surface area contributed by atoms with Crippen molar-refractivity contribution in [1.29, 1.82) is 0 Å². The van der Waals surface area contributed by atoms with Crippen LogP contribution in [0.1, 0.15) is 40.0 Å². The van der Waals surface area contributed by atoms with E-state index in [9.17, 15) is 0 Å². The Bertz CT molecular complexity index is 196. The number of nitrogens with zero attached hydrogens (tertiary/aromatic N) is 1. The highest BCUT2D eigenvalue weighted by molar-refractivity contribution is 4.94. The average molecular weight is 196 g/mol.